The zero-order valence-corrected chi connectivity index (χ0v) is 16.8. The van der Waals surface area contributed by atoms with E-state index in [1.807, 2.05) is 6.07 Å². The van der Waals surface area contributed by atoms with Crippen molar-refractivity contribution in [2.24, 2.45) is 11.8 Å². The molecule has 5 nitrogen and oxygen atoms in total. The molecule has 6 rings (SSSR count). The lowest BCUT2D eigenvalue weighted by atomic mass is 9.75. The van der Waals surface area contributed by atoms with Gasteiger partial charge in [-0.2, -0.15) is 0 Å². The molecular formula is C23H32N2O3. The fourth-order valence-corrected chi connectivity index (χ4v) is 6.40. The van der Waals surface area contributed by atoms with Gasteiger partial charge in [-0.3, -0.25) is 9.69 Å². The molecule has 5 fully saturated rings. The van der Waals surface area contributed by atoms with Gasteiger partial charge < -0.3 is 14.7 Å². The first-order chi connectivity index (χ1) is 13.7. The maximum atomic E-state index is 13.5. The molecule has 4 aliphatic heterocycles. The Morgan fingerprint density at radius 3 is 2.54 bits per heavy atom. The van der Waals surface area contributed by atoms with E-state index in [1.165, 1.54) is 31.5 Å². The first kappa shape index (κ1) is 18.4. The highest BCUT2D eigenvalue weighted by Gasteiger charge is 2.55. The van der Waals surface area contributed by atoms with Crippen LogP contribution in [-0.2, 0) is 4.79 Å². The number of hydrogen-bond acceptors (Lipinski definition) is 4. The number of hydrogen-bond donors (Lipinski definition) is 1. The Morgan fingerprint density at radius 2 is 1.82 bits per heavy atom. The summed E-state index contributed by atoms with van der Waals surface area (Å²) in [4.78, 5) is 18.4. The highest BCUT2D eigenvalue weighted by atomic mass is 16.5. The van der Waals surface area contributed by atoms with Crippen molar-refractivity contribution in [3.05, 3.63) is 29.8 Å². The monoisotopic (exact) mass is 384 g/mol. The summed E-state index contributed by atoms with van der Waals surface area (Å²) < 4.78 is 5.47. The molecule has 0 unspecified atom stereocenters. The molecule has 3 atom stereocenters. The normalized spacial score (nSPS) is 39.6. The van der Waals surface area contributed by atoms with Crippen molar-refractivity contribution >= 4 is 5.91 Å². The van der Waals surface area contributed by atoms with Gasteiger partial charge in [-0.05, 0) is 75.2 Å². The van der Waals surface area contributed by atoms with Gasteiger partial charge in [0.1, 0.15) is 5.75 Å². The Labute approximate surface area is 167 Å². The topological polar surface area (TPSA) is 53.0 Å². The average molecular weight is 385 g/mol. The SMILES string of the molecule is COc1cccc([C@H]2CN(C(=O)C3CCC(O)CC3)[C@@H]3C4CCN(CC4)[C@H]23)c1. The van der Waals surface area contributed by atoms with E-state index in [2.05, 4.69) is 28.0 Å². The molecule has 0 radical (unpaired) electrons. The molecule has 5 heteroatoms. The van der Waals surface area contributed by atoms with Crippen molar-refractivity contribution in [3.63, 3.8) is 0 Å². The fraction of sp³-hybridized carbons (Fsp3) is 0.696. The van der Waals surface area contributed by atoms with Crippen molar-refractivity contribution in [2.75, 3.05) is 26.7 Å². The van der Waals surface area contributed by atoms with E-state index in [0.29, 0.717) is 29.8 Å². The quantitative estimate of drug-likeness (QED) is 0.871. The lowest BCUT2D eigenvalue weighted by Gasteiger charge is -2.51. The third-order valence-corrected chi connectivity index (χ3v) is 7.85. The van der Waals surface area contributed by atoms with Crippen LogP contribution in [0.2, 0.25) is 0 Å². The second-order valence-electron chi connectivity index (χ2n) is 9.23. The summed E-state index contributed by atoms with van der Waals surface area (Å²) in [6, 6.07) is 9.25. The number of benzene rings is 1. The summed E-state index contributed by atoms with van der Waals surface area (Å²) in [7, 11) is 1.72. The second-order valence-corrected chi connectivity index (χ2v) is 9.23. The molecule has 1 aliphatic carbocycles. The van der Waals surface area contributed by atoms with Crippen LogP contribution in [0.3, 0.4) is 0 Å². The van der Waals surface area contributed by atoms with Crippen molar-refractivity contribution in [1.82, 2.24) is 9.80 Å². The number of nitrogens with zero attached hydrogens (tertiary/aromatic N) is 2. The Bertz CT molecular complexity index is 722. The van der Waals surface area contributed by atoms with Crippen LogP contribution in [0.5, 0.6) is 5.75 Å². The number of aliphatic hydroxyl groups is 1. The Hall–Kier alpha value is -1.59. The molecule has 1 saturated carbocycles. The number of amides is 1. The minimum Gasteiger partial charge on any atom is -0.497 e. The van der Waals surface area contributed by atoms with Crippen LogP contribution in [0.25, 0.3) is 0 Å². The van der Waals surface area contributed by atoms with Gasteiger partial charge in [0.15, 0.2) is 0 Å². The highest BCUT2D eigenvalue weighted by Crippen LogP contribution is 2.47. The molecule has 1 aromatic carbocycles. The first-order valence-corrected chi connectivity index (χ1v) is 11.0. The maximum Gasteiger partial charge on any atom is 0.226 e. The third-order valence-electron chi connectivity index (χ3n) is 7.85. The number of rotatable bonds is 3. The zero-order valence-electron chi connectivity index (χ0n) is 16.8. The predicted molar refractivity (Wildman–Crippen MR) is 107 cm³/mol. The Kier molecular flexibility index (Phi) is 4.84. The number of carbonyl (C=O) groups is 1. The molecule has 2 bridgehead atoms. The number of fused-ring (bicyclic) bond motifs is 2. The van der Waals surface area contributed by atoms with Gasteiger partial charge in [0.05, 0.1) is 19.3 Å². The van der Waals surface area contributed by atoms with Gasteiger partial charge in [-0.1, -0.05) is 12.1 Å². The lowest BCUT2D eigenvalue weighted by molar-refractivity contribution is -0.142. The van der Waals surface area contributed by atoms with Crippen LogP contribution in [0.1, 0.15) is 50.0 Å². The standard InChI is InChI=1S/C23H32N2O3/c1-28-19-4-2-3-17(13-19)20-14-25(23(27)16-5-7-18(26)8-6-16)21-15-9-11-24(12-10-15)22(20)21/h2-4,13,15-16,18,20-22,26H,5-12,14H2,1H3/t16?,18?,20-,21-,22-/m1/s1. The number of ether oxygens (including phenoxy) is 1. The summed E-state index contributed by atoms with van der Waals surface area (Å²) in [6.45, 7) is 3.17. The van der Waals surface area contributed by atoms with E-state index < -0.39 is 0 Å². The van der Waals surface area contributed by atoms with Crippen LogP contribution < -0.4 is 4.74 Å². The van der Waals surface area contributed by atoms with Crippen molar-refractivity contribution in [2.45, 2.75) is 62.6 Å². The van der Waals surface area contributed by atoms with E-state index in [9.17, 15) is 9.90 Å². The number of aliphatic hydroxyl groups excluding tert-OH is 1. The molecule has 0 aromatic heterocycles. The van der Waals surface area contributed by atoms with E-state index in [-0.39, 0.29) is 12.0 Å². The minimum atomic E-state index is -0.211. The van der Waals surface area contributed by atoms with E-state index in [4.69, 9.17) is 4.74 Å². The van der Waals surface area contributed by atoms with Crippen molar-refractivity contribution in [1.29, 1.82) is 0 Å². The number of piperidine rings is 3. The fourth-order valence-electron chi connectivity index (χ4n) is 6.40. The van der Waals surface area contributed by atoms with Gasteiger partial charge in [-0.15, -0.1) is 0 Å². The first-order valence-electron chi connectivity index (χ1n) is 11.0. The summed E-state index contributed by atoms with van der Waals surface area (Å²) in [6.07, 6.45) is 5.45. The molecule has 1 amide bonds. The largest absolute Gasteiger partial charge is 0.497 e. The van der Waals surface area contributed by atoms with Gasteiger partial charge in [0.25, 0.3) is 0 Å². The molecule has 0 spiro atoms. The van der Waals surface area contributed by atoms with Gasteiger partial charge in [-0.25, -0.2) is 0 Å². The molecule has 1 aromatic rings. The van der Waals surface area contributed by atoms with Crippen LogP contribution in [-0.4, -0.2) is 65.7 Å². The van der Waals surface area contributed by atoms with E-state index in [0.717, 1.165) is 38.0 Å². The molecule has 152 valence electrons. The number of carbonyl (C=O) groups excluding carboxylic acids is 1. The predicted octanol–water partition coefficient (Wildman–Crippen LogP) is 2.63. The molecule has 5 aliphatic rings. The summed E-state index contributed by atoms with van der Waals surface area (Å²) in [5.74, 6) is 2.35. The summed E-state index contributed by atoms with van der Waals surface area (Å²) in [5.41, 5.74) is 1.30. The number of likely N-dealkylation sites (tertiary alicyclic amines) is 1. The molecule has 1 N–H and O–H groups in total. The maximum absolute atomic E-state index is 13.5. The zero-order chi connectivity index (χ0) is 19.3. The Balaban J connectivity index is 1.44. The van der Waals surface area contributed by atoms with E-state index >= 15 is 0 Å². The minimum absolute atomic E-state index is 0.101. The molecule has 4 saturated heterocycles. The van der Waals surface area contributed by atoms with Gasteiger partial charge in [0.2, 0.25) is 5.91 Å². The lowest BCUT2D eigenvalue weighted by Crippen LogP contribution is -2.61. The average Bonchev–Trinajstić information content (AvgIpc) is 3.18. The van der Waals surface area contributed by atoms with Crippen LogP contribution in [0, 0.1) is 11.8 Å². The van der Waals surface area contributed by atoms with Crippen molar-refractivity contribution < 1.29 is 14.6 Å². The Morgan fingerprint density at radius 1 is 1.07 bits per heavy atom. The second kappa shape index (κ2) is 7.34. The van der Waals surface area contributed by atoms with Crippen LogP contribution in [0.4, 0.5) is 0 Å². The third kappa shape index (κ3) is 3.03. The molecule has 28 heavy (non-hydrogen) atoms. The van der Waals surface area contributed by atoms with Gasteiger partial charge in [0, 0.05) is 24.4 Å². The summed E-state index contributed by atoms with van der Waals surface area (Å²) in [5, 5.41) is 9.84. The highest BCUT2D eigenvalue weighted by molar-refractivity contribution is 5.80. The number of methoxy groups -OCH3 is 1. The van der Waals surface area contributed by atoms with E-state index in [1.54, 1.807) is 7.11 Å². The van der Waals surface area contributed by atoms with Crippen molar-refractivity contribution in [3.8, 4) is 5.75 Å². The smallest absolute Gasteiger partial charge is 0.226 e. The molecular weight excluding hydrogens is 352 g/mol. The van der Waals surface area contributed by atoms with Gasteiger partial charge >= 0.3 is 0 Å². The van der Waals surface area contributed by atoms with Crippen LogP contribution in [0.15, 0.2) is 24.3 Å². The summed E-state index contributed by atoms with van der Waals surface area (Å²) >= 11 is 0. The molecule has 4 heterocycles. The van der Waals surface area contributed by atoms with Crippen LogP contribution >= 0.6 is 0 Å².